The van der Waals surface area contributed by atoms with E-state index in [0.717, 1.165) is 11.7 Å². The van der Waals surface area contributed by atoms with Crippen molar-refractivity contribution in [3.63, 3.8) is 0 Å². The Kier molecular flexibility index (Phi) is 7.35. The summed E-state index contributed by atoms with van der Waals surface area (Å²) >= 11 is 0. The molecule has 1 aromatic carbocycles. The molecule has 0 radical (unpaired) electrons. The van der Waals surface area contributed by atoms with Crippen molar-refractivity contribution < 1.29 is 4.74 Å². The summed E-state index contributed by atoms with van der Waals surface area (Å²) < 4.78 is 5.25. The van der Waals surface area contributed by atoms with E-state index in [9.17, 15) is 0 Å². The van der Waals surface area contributed by atoms with E-state index in [-0.39, 0.29) is 8.80 Å². The number of rotatable bonds is 8. The van der Waals surface area contributed by atoms with Gasteiger partial charge in [0.15, 0.2) is 0 Å². The molecule has 0 aromatic heterocycles. The van der Waals surface area contributed by atoms with Gasteiger partial charge in [0, 0.05) is 8.80 Å². The van der Waals surface area contributed by atoms with Crippen molar-refractivity contribution in [1.29, 1.82) is 0 Å². The molecule has 0 saturated carbocycles. The standard InChI is InChI=1S/C19H32OSi/c1-3-4-5-6-7-14-21-15-12-18(13-16-21)17-8-10-19(20-2)11-9-17/h8-11,18,21H,3-7,12-16H2,1-2H3. The lowest BCUT2D eigenvalue weighted by Gasteiger charge is -2.28. The Morgan fingerprint density at radius 1 is 1.00 bits per heavy atom. The maximum atomic E-state index is 5.25. The van der Waals surface area contributed by atoms with Crippen LogP contribution in [0.1, 0.15) is 63.4 Å². The first-order valence-corrected chi connectivity index (χ1v) is 11.4. The van der Waals surface area contributed by atoms with Crippen LogP contribution in [0, 0.1) is 0 Å². The van der Waals surface area contributed by atoms with Gasteiger partial charge in [-0.3, -0.25) is 0 Å². The van der Waals surface area contributed by atoms with E-state index in [1.165, 1.54) is 50.5 Å². The van der Waals surface area contributed by atoms with Gasteiger partial charge in [0.2, 0.25) is 0 Å². The molecular formula is C19H32OSi. The molecule has 2 heteroatoms. The summed E-state index contributed by atoms with van der Waals surface area (Å²) in [5.41, 5.74) is 1.53. The van der Waals surface area contributed by atoms with Gasteiger partial charge in [0.25, 0.3) is 0 Å². The third-order valence-electron chi connectivity index (χ3n) is 5.15. The lowest BCUT2D eigenvalue weighted by Crippen LogP contribution is -2.20. The van der Waals surface area contributed by atoms with E-state index in [1.54, 1.807) is 25.2 Å². The van der Waals surface area contributed by atoms with Crippen molar-refractivity contribution in [2.75, 3.05) is 7.11 Å². The predicted molar refractivity (Wildman–Crippen MR) is 95.3 cm³/mol. The molecule has 0 aliphatic carbocycles. The van der Waals surface area contributed by atoms with Gasteiger partial charge in [-0.25, -0.2) is 0 Å². The lowest BCUT2D eigenvalue weighted by atomic mass is 9.93. The molecule has 1 aromatic rings. The quantitative estimate of drug-likeness (QED) is 0.437. The zero-order valence-electron chi connectivity index (χ0n) is 13.9. The van der Waals surface area contributed by atoms with Crippen LogP contribution in [0.4, 0.5) is 0 Å². The molecular weight excluding hydrogens is 272 g/mol. The van der Waals surface area contributed by atoms with Crippen molar-refractivity contribution in [3.05, 3.63) is 29.8 Å². The van der Waals surface area contributed by atoms with Crippen LogP contribution in [0.3, 0.4) is 0 Å². The number of methoxy groups -OCH3 is 1. The molecule has 2 rings (SSSR count). The fourth-order valence-electron chi connectivity index (χ4n) is 3.70. The fraction of sp³-hybridized carbons (Fsp3) is 0.684. The maximum Gasteiger partial charge on any atom is 0.118 e. The minimum atomic E-state index is -0.380. The lowest BCUT2D eigenvalue weighted by molar-refractivity contribution is 0.414. The molecule has 1 fully saturated rings. The van der Waals surface area contributed by atoms with Crippen LogP contribution in [0.5, 0.6) is 5.75 Å². The second-order valence-corrected chi connectivity index (χ2v) is 10.2. The Balaban J connectivity index is 1.67. The second kappa shape index (κ2) is 9.29. The molecule has 118 valence electrons. The Labute approximate surface area is 132 Å². The third kappa shape index (κ3) is 5.50. The highest BCUT2D eigenvalue weighted by Gasteiger charge is 2.22. The number of benzene rings is 1. The summed E-state index contributed by atoms with van der Waals surface area (Å²) in [6.45, 7) is 2.30. The van der Waals surface area contributed by atoms with Crippen molar-refractivity contribution in [2.24, 2.45) is 0 Å². The Bertz CT molecular complexity index is 379. The molecule has 0 amide bonds. The van der Waals surface area contributed by atoms with Gasteiger partial charge in [0.05, 0.1) is 7.11 Å². The molecule has 0 N–H and O–H groups in total. The first kappa shape index (κ1) is 16.6. The smallest absolute Gasteiger partial charge is 0.118 e. The topological polar surface area (TPSA) is 9.23 Å². The summed E-state index contributed by atoms with van der Waals surface area (Å²) in [6.07, 6.45) is 10.2. The second-order valence-electron chi connectivity index (χ2n) is 6.69. The Morgan fingerprint density at radius 2 is 1.67 bits per heavy atom. The number of ether oxygens (including phenoxy) is 1. The largest absolute Gasteiger partial charge is 0.497 e. The van der Waals surface area contributed by atoms with Gasteiger partial charge in [-0.1, -0.05) is 69.3 Å². The van der Waals surface area contributed by atoms with Gasteiger partial charge >= 0.3 is 0 Å². The van der Waals surface area contributed by atoms with E-state index >= 15 is 0 Å². The zero-order chi connectivity index (χ0) is 14.9. The first-order valence-electron chi connectivity index (χ1n) is 8.97. The molecule has 21 heavy (non-hydrogen) atoms. The minimum absolute atomic E-state index is 0.380. The molecule has 0 atom stereocenters. The van der Waals surface area contributed by atoms with Gasteiger partial charge in [-0.2, -0.15) is 0 Å². The molecule has 0 unspecified atom stereocenters. The number of hydrogen-bond acceptors (Lipinski definition) is 1. The Morgan fingerprint density at radius 3 is 2.29 bits per heavy atom. The van der Waals surface area contributed by atoms with Crippen LogP contribution >= 0.6 is 0 Å². The highest BCUT2D eigenvalue weighted by molar-refractivity contribution is 6.59. The molecule has 1 heterocycles. The molecule has 1 saturated heterocycles. The van der Waals surface area contributed by atoms with Crippen LogP contribution in [0.2, 0.25) is 18.1 Å². The minimum Gasteiger partial charge on any atom is -0.497 e. The molecule has 1 aliphatic rings. The third-order valence-corrected chi connectivity index (χ3v) is 8.67. The molecule has 0 bridgehead atoms. The van der Waals surface area contributed by atoms with Gasteiger partial charge in [-0.15, -0.1) is 0 Å². The van der Waals surface area contributed by atoms with Crippen LogP contribution < -0.4 is 4.74 Å². The van der Waals surface area contributed by atoms with E-state index in [0.29, 0.717) is 0 Å². The summed E-state index contributed by atoms with van der Waals surface area (Å²) in [7, 11) is 1.36. The summed E-state index contributed by atoms with van der Waals surface area (Å²) in [4.78, 5) is 0. The highest BCUT2D eigenvalue weighted by Crippen LogP contribution is 2.35. The normalized spacial score (nSPS) is 22.2. The van der Waals surface area contributed by atoms with E-state index < -0.39 is 0 Å². The molecule has 0 spiro atoms. The zero-order valence-corrected chi connectivity index (χ0v) is 15.1. The van der Waals surface area contributed by atoms with E-state index in [4.69, 9.17) is 4.74 Å². The van der Waals surface area contributed by atoms with Crippen molar-refractivity contribution in [3.8, 4) is 5.75 Å². The van der Waals surface area contributed by atoms with E-state index in [1.807, 2.05) is 0 Å². The maximum absolute atomic E-state index is 5.25. The summed E-state index contributed by atoms with van der Waals surface area (Å²) in [5.74, 6) is 1.80. The van der Waals surface area contributed by atoms with Crippen LogP contribution in [-0.4, -0.2) is 15.9 Å². The summed E-state index contributed by atoms with van der Waals surface area (Å²) in [5, 5.41) is 0. The Hall–Kier alpha value is -0.763. The summed E-state index contributed by atoms with van der Waals surface area (Å²) in [6, 6.07) is 13.5. The van der Waals surface area contributed by atoms with Crippen LogP contribution in [-0.2, 0) is 0 Å². The first-order chi connectivity index (χ1) is 10.3. The van der Waals surface area contributed by atoms with Crippen molar-refractivity contribution in [2.45, 2.75) is 75.9 Å². The number of hydrogen-bond donors (Lipinski definition) is 0. The molecule has 1 aliphatic heterocycles. The van der Waals surface area contributed by atoms with Crippen molar-refractivity contribution >= 4 is 8.80 Å². The monoisotopic (exact) mass is 304 g/mol. The van der Waals surface area contributed by atoms with Gasteiger partial charge < -0.3 is 4.74 Å². The van der Waals surface area contributed by atoms with E-state index in [2.05, 4.69) is 31.2 Å². The fourth-order valence-corrected chi connectivity index (χ4v) is 7.18. The highest BCUT2D eigenvalue weighted by atomic mass is 28.3. The van der Waals surface area contributed by atoms with Gasteiger partial charge in [-0.05, 0) is 36.5 Å². The van der Waals surface area contributed by atoms with Crippen molar-refractivity contribution in [1.82, 2.24) is 0 Å². The average molecular weight is 305 g/mol. The van der Waals surface area contributed by atoms with Crippen LogP contribution in [0.15, 0.2) is 24.3 Å². The molecule has 1 nitrogen and oxygen atoms in total. The number of unbranched alkanes of at least 4 members (excludes halogenated alkanes) is 4. The van der Waals surface area contributed by atoms with Gasteiger partial charge in [0.1, 0.15) is 5.75 Å². The SMILES string of the molecule is CCCCCCC[SiH]1CCC(c2ccc(OC)cc2)CC1. The van der Waals surface area contributed by atoms with Crippen LogP contribution in [0.25, 0.3) is 0 Å². The predicted octanol–water partition coefficient (Wildman–Crippen LogP) is 5.77. The average Bonchev–Trinajstić information content (AvgIpc) is 2.55.